The van der Waals surface area contributed by atoms with Crippen molar-refractivity contribution in [2.45, 2.75) is 0 Å². The molecule has 0 bridgehead atoms. The normalized spacial score (nSPS) is 7.46. The van der Waals surface area contributed by atoms with Crippen molar-refractivity contribution in [2.75, 3.05) is 0 Å². The van der Waals surface area contributed by atoms with Crippen LogP contribution in [0.1, 0.15) is 0 Å². The number of hydrogen-bond acceptors (Lipinski definition) is 6. The fraction of sp³-hybridized carbons (Fsp3) is 0. The summed E-state index contributed by atoms with van der Waals surface area (Å²) in [5.74, 6) is 0. The van der Waals surface area contributed by atoms with Crippen LogP contribution in [-0.2, 0) is 62.8 Å². The molecule has 4 heterocycles. The molecule has 0 fully saturated rings. The van der Waals surface area contributed by atoms with Crippen molar-refractivity contribution in [3.05, 3.63) is 97.6 Å². The minimum Gasteiger partial charge on any atom is -2.00 e. The third-order valence-electron chi connectivity index (χ3n) is 3.18. The topological polar surface area (TPSA) is 372 Å². The predicted octanol–water partition coefficient (Wildman–Crippen LogP) is -2.29. The van der Waals surface area contributed by atoms with Crippen molar-refractivity contribution in [2.24, 2.45) is 0 Å². The maximum Gasteiger partial charge on any atom is 4.00 e. The van der Waals surface area contributed by atoms with Gasteiger partial charge in [0.05, 0.1) is 22.8 Å². The summed E-state index contributed by atoms with van der Waals surface area (Å²) < 4.78 is 31.9. The molecule has 39 heavy (non-hydrogen) atoms. The minimum absolute atomic E-state index is 0. The SMILES string of the molecule is O.O.O.O.O=[As]([O-])(O)O.[O-2].[O-2].[O-2].[O-2].[V+4].[V].c1ccc(-c2ccccn2)nc1.c1ccc(-c2ccccn2)nc1. The summed E-state index contributed by atoms with van der Waals surface area (Å²) in [7, 11) is 0. The predicted molar refractivity (Wildman–Crippen MR) is 123 cm³/mol. The summed E-state index contributed by atoms with van der Waals surface area (Å²) in [4.78, 5) is 16.7. The van der Waals surface area contributed by atoms with Crippen molar-refractivity contribution < 1.29 is 96.9 Å². The Balaban J connectivity index is -0.0000000463. The summed E-state index contributed by atoms with van der Waals surface area (Å²) in [6.07, 6.45) is 7.07. The van der Waals surface area contributed by atoms with Crippen LogP contribution in [0.4, 0.5) is 0 Å². The Hall–Kier alpha value is -2.31. The maximum absolute atomic E-state index is 8.83. The zero-order valence-corrected chi connectivity index (χ0v) is 24.4. The third kappa shape index (κ3) is 28.5. The van der Waals surface area contributed by atoms with Crippen molar-refractivity contribution in [3.63, 3.8) is 0 Å². The average Bonchev–Trinajstić information content (AvgIpc) is 2.76. The van der Waals surface area contributed by atoms with Crippen LogP contribution in [0, 0.1) is 0 Å². The molecule has 10 N–H and O–H groups in total. The van der Waals surface area contributed by atoms with Crippen LogP contribution in [-0.4, -0.2) is 64.5 Å². The van der Waals surface area contributed by atoms with Gasteiger partial charge in [-0.3, -0.25) is 19.9 Å². The van der Waals surface area contributed by atoms with Crippen molar-refractivity contribution in [3.8, 4) is 22.8 Å². The fourth-order valence-corrected chi connectivity index (χ4v) is 2.06. The minimum atomic E-state index is -5.38. The molecular formula is C20H26AsN4O12V2-5. The van der Waals surface area contributed by atoms with E-state index in [1.807, 2.05) is 72.8 Å². The molecule has 218 valence electrons. The van der Waals surface area contributed by atoms with Crippen LogP contribution in [0.25, 0.3) is 22.8 Å². The molecule has 19 heteroatoms. The first-order valence-corrected chi connectivity index (χ1v) is 11.6. The van der Waals surface area contributed by atoms with E-state index in [9.17, 15) is 0 Å². The molecule has 0 saturated heterocycles. The molecule has 16 nitrogen and oxygen atoms in total. The Bertz CT molecular complexity index is 872. The van der Waals surface area contributed by atoms with Crippen LogP contribution in [0.5, 0.6) is 0 Å². The Kier molecular flexibility index (Phi) is 52.7. The van der Waals surface area contributed by atoms with Crippen LogP contribution >= 0.6 is 0 Å². The first kappa shape index (κ1) is 61.0. The molecule has 4 rings (SSSR count). The number of pyridine rings is 4. The molecule has 0 atom stereocenters. The van der Waals surface area contributed by atoms with Crippen molar-refractivity contribution in [1.82, 2.24) is 19.9 Å². The molecular weight excluding hydrogens is 665 g/mol. The zero-order valence-electron chi connectivity index (χ0n) is 19.7. The van der Waals surface area contributed by atoms with Crippen LogP contribution in [0.15, 0.2) is 97.6 Å². The molecule has 4 aromatic rings. The molecule has 0 aliphatic carbocycles. The summed E-state index contributed by atoms with van der Waals surface area (Å²) >= 11 is -5.38. The van der Waals surface area contributed by atoms with Gasteiger partial charge in [0.1, 0.15) is 0 Å². The molecule has 0 saturated carbocycles. The molecule has 0 aliphatic heterocycles. The van der Waals surface area contributed by atoms with Gasteiger partial charge in [-0.05, 0) is 48.5 Å². The van der Waals surface area contributed by atoms with E-state index in [2.05, 4.69) is 19.9 Å². The van der Waals surface area contributed by atoms with Crippen LogP contribution in [0.3, 0.4) is 0 Å². The standard InChI is InChI=1S/2C10H8N2.AsH3O4.4H2O.4O.2V/c2*1-3-7-11-9(5-1)10-6-2-4-8-12-10;2-1(3,4)5;;;;;;;;;;/h2*1-8H;(H3,2,3,4,5);4*1H2;;;;;;/q;;;;;;;4*-2;;+4/p-1. The van der Waals surface area contributed by atoms with Gasteiger partial charge < -0.3 is 43.8 Å². The third-order valence-corrected chi connectivity index (χ3v) is 3.18. The quantitative estimate of drug-likeness (QED) is 0.215. The summed E-state index contributed by atoms with van der Waals surface area (Å²) in [6.45, 7) is 0. The molecule has 0 amide bonds. The van der Waals surface area contributed by atoms with Gasteiger partial charge in [0.25, 0.3) is 0 Å². The largest absolute Gasteiger partial charge is 4.00 e. The molecule has 4 aromatic heterocycles. The zero-order chi connectivity index (χ0) is 21.0. The van der Waals surface area contributed by atoms with E-state index >= 15 is 0 Å². The van der Waals surface area contributed by atoms with Gasteiger partial charge in [0, 0.05) is 43.3 Å². The Labute approximate surface area is 250 Å². The second-order valence-electron chi connectivity index (χ2n) is 5.35. The molecule has 0 aromatic carbocycles. The van der Waals surface area contributed by atoms with Crippen LogP contribution < -0.4 is 4.10 Å². The number of rotatable bonds is 2. The second-order valence-corrected chi connectivity index (χ2v) is 7.41. The van der Waals surface area contributed by atoms with E-state index in [4.69, 9.17) is 16.0 Å². The second kappa shape index (κ2) is 33.7. The molecule has 0 aliphatic rings. The summed E-state index contributed by atoms with van der Waals surface area (Å²) in [5, 5.41) is 0. The first-order chi connectivity index (χ1) is 13.9. The molecule has 0 spiro atoms. The summed E-state index contributed by atoms with van der Waals surface area (Å²) in [5.41, 5.74) is 3.66. The van der Waals surface area contributed by atoms with Gasteiger partial charge in [-0.15, -0.1) is 0 Å². The fourth-order valence-electron chi connectivity index (χ4n) is 2.06. The van der Waals surface area contributed by atoms with E-state index in [1.54, 1.807) is 24.8 Å². The monoisotopic (exact) mass is 691 g/mol. The van der Waals surface area contributed by atoms with E-state index in [1.165, 1.54) is 0 Å². The van der Waals surface area contributed by atoms with Gasteiger partial charge >= 0.3 is 49.1 Å². The van der Waals surface area contributed by atoms with Gasteiger partial charge in [0.2, 0.25) is 0 Å². The summed E-state index contributed by atoms with van der Waals surface area (Å²) in [6, 6.07) is 23.2. The molecule has 0 unspecified atom stereocenters. The Morgan fingerprint density at radius 1 is 0.513 bits per heavy atom. The number of aromatic nitrogens is 4. The Morgan fingerprint density at radius 3 is 0.769 bits per heavy atom. The first-order valence-electron chi connectivity index (χ1n) is 8.35. The van der Waals surface area contributed by atoms with Crippen LogP contribution in [0.2, 0.25) is 0 Å². The van der Waals surface area contributed by atoms with E-state index in [0.29, 0.717) is 0 Å². The van der Waals surface area contributed by atoms with Crippen molar-refractivity contribution >= 4 is 14.5 Å². The number of hydrogen-bond donors (Lipinski definition) is 2. The maximum atomic E-state index is 8.83. The number of nitrogens with zero attached hydrogens (tertiary/aromatic N) is 4. The van der Waals surface area contributed by atoms with E-state index in [0.717, 1.165) is 22.8 Å². The molecule has 2 radical (unpaired) electrons. The van der Waals surface area contributed by atoms with E-state index < -0.39 is 14.5 Å². The van der Waals surface area contributed by atoms with Gasteiger partial charge in [0.15, 0.2) is 0 Å². The Morgan fingerprint density at radius 2 is 0.667 bits per heavy atom. The van der Waals surface area contributed by atoms with E-state index in [-0.39, 0.29) is 80.9 Å². The van der Waals surface area contributed by atoms with Gasteiger partial charge in [-0.1, -0.05) is 24.3 Å². The van der Waals surface area contributed by atoms with Gasteiger partial charge in [-0.2, -0.15) is 0 Å². The van der Waals surface area contributed by atoms with Crippen molar-refractivity contribution in [1.29, 1.82) is 0 Å². The van der Waals surface area contributed by atoms with Gasteiger partial charge in [-0.25, -0.2) is 0 Å². The average molecular weight is 691 g/mol. The smallest absolute Gasteiger partial charge is 2.00 e.